The number of ether oxygens (including phenoxy) is 1. The van der Waals surface area contributed by atoms with Crippen molar-refractivity contribution in [1.29, 1.82) is 0 Å². The molecule has 1 aromatic carbocycles. The largest absolute Gasteiger partial charge is 0.385 e. The van der Waals surface area contributed by atoms with Crippen molar-refractivity contribution in [2.24, 2.45) is 5.41 Å². The summed E-state index contributed by atoms with van der Waals surface area (Å²) in [7, 11) is 1.74. The highest BCUT2D eigenvalue weighted by Crippen LogP contribution is 2.27. The topological polar surface area (TPSA) is 29.9 Å². The third-order valence-corrected chi connectivity index (χ3v) is 4.12. The van der Waals surface area contributed by atoms with Gasteiger partial charge in [0, 0.05) is 24.7 Å². The summed E-state index contributed by atoms with van der Waals surface area (Å²) in [6, 6.07) is 6.18. The minimum Gasteiger partial charge on any atom is -0.385 e. The quantitative estimate of drug-likeness (QED) is 0.809. The molecule has 5 heteroatoms. The summed E-state index contributed by atoms with van der Waals surface area (Å²) in [5.41, 5.74) is 2.37. The summed E-state index contributed by atoms with van der Waals surface area (Å²) >= 11 is 8.95. The molecule has 19 heavy (non-hydrogen) atoms. The Kier molecular flexibility index (Phi) is 4.48. The normalized spacial score (nSPS) is 12.2. The highest BCUT2D eigenvalue weighted by Gasteiger charge is 2.20. The van der Waals surface area contributed by atoms with E-state index in [1.54, 1.807) is 7.11 Å². The Bertz CT molecular complexity index is 630. The number of nitrogens with zero attached hydrogens (tertiary/aromatic N) is 1. The molecule has 2 rings (SSSR count). The Balaban J connectivity index is 2.37. The van der Waals surface area contributed by atoms with Crippen LogP contribution in [0.1, 0.15) is 20.3 Å². The monoisotopic (exact) mass is 342 g/mol. The number of H-pyrrole nitrogens is 1. The molecule has 0 aliphatic rings. The van der Waals surface area contributed by atoms with Crippen molar-refractivity contribution in [2.75, 3.05) is 13.7 Å². The van der Waals surface area contributed by atoms with E-state index in [9.17, 15) is 0 Å². The van der Waals surface area contributed by atoms with E-state index in [2.05, 4.69) is 45.4 Å². The van der Waals surface area contributed by atoms with Gasteiger partial charge in [0.15, 0.2) is 4.77 Å². The molecule has 0 bridgehead atoms. The molecule has 0 saturated heterocycles. The fraction of sp³-hybridized carbons (Fsp3) is 0.500. The van der Waals surface area contributed by atoms with Crippen molar-refractivity contribution in [3.05, 3.63) is 27.4 Å². The standard InChI is InChI=1S/C14H19BrN2OS/c1-14(2,6-7-18-3)9-17-12-8-10(15)4-5-11(12)16-13(17)19/h4-5,8H,6-7,9H2,1-3H3,(H,16,19). The van der Waals surface area contributed by atoms with E-state index < -0.39 is 0 Å². The lowest BCUT2D eigenvalue weighted by atomic mass is 9.89. The van der Waals surface area contributed by atoms with E-state index in [1.165, 1.54) is 0 Å². The first-order valence-electron chi connectivity index (χ1n) is 6.30. The number of hydrogen-bond donors (Lipinski definition) is 1. The number of aromatic amines is 1. The van der Waals surface area contributed by atoms with Gasteiger partial charge in [-0.3, -0.25) is 0 Å². The van der Waals surface area contributed by atoms with Gasteiger partial charge in [-0.25, -0.2) is 0 Å². The Morgan fingerprint density at radius 1 is 1.42 bits per heavy atom. The minimum absolute atomic E-state index is 0.145. The lowest BCUT2D eigenvalue weighted by molar-refractivity contribution is 0.143. The average molecular weight is 343 g/mol. The fourth-order valence-corrected chi connectivity index (χ4v) is 2.79. The van der Waals surface area contributed by atoms with E-state index in [1.807, 2.05) is 12.1 Å². The number of aromatic nitrogens is 2. The van der Waals surface area contributed by atoms with Gasteiger partial charge >= 0.3 is 0 Å². The maximum atomic E-state index is 5.44. The molecule has 104 valence electrons. The van der Waals surface area contributed by atoms with E-state index in [-0.39, 0.29) is 5.41 Å². The van der Waals surface area contributed by atoms with Gasteiger partial charge < -0.3 is 14.3 Å². The van der Waals surface area contributed by atoms with Crippen LogP contribution in [0, 0.1) is 10.2 Å². The van der Waals surface area contributed by atoms with Gasteiger partial charge in [-0.15, -0.1) is 0 Å². The zero-order valence-corrected chi connectivity index (χ0v) is 13.9. The van der Waals surface area contributed by atoms with Gasteiger partial charge in [-0.05, 0) is 42.3 Å². The summed E-state index contributed by atoms with van der Waals surface area (Å²) in [6.45, 7) is 6.13. The molecule has 0 spiro atoms. The zero-order chi connectivity index (χ0) is 14.0. The molecule has 1 heterocycles. The smallest absolute Gasteiger partial charge is 0.178 e. The Hall–Kier alpha value is -0.650. The number of rotatable bonds is 5. The van der Waals surface area contributed by atoms with Gasteiger partial charge in [0.05, 0.1) is 11.0 Å². The second-order valence-electron chi connectivity index (χ2n) is 5.58. The Morgan fingerprint density at radius 2 is 2.16 bits per heavy atom. The highest BCUT2D eigenvalue weighted by molar-refractivity contribution is 9.10. The third-order valence-electron chi connectivity index (χ3n) is 3.31. The molecule has 0 saturated carbocycles. The van der Waals surface area contributed by atoms with Crippen molar-refractivity contribution < 1.29 is 4.74 Å². The first kappa shape index (κ1) is 14.8. The number of hydrogen-bond acceptors (Lipinski definition) is 2. The average Bonchev–Trinajstić information content (AvgIpc) is 2.63. The van der Waals surface area contributed by atoms with E-state index >= 15 is 0 Å². The molecule has 0 fully saturated rings. The van der Waals surface area contributed by atoms with Crippen LogP contribution in [-0.2, 0) is 11.3 Å². The summed E-state index contributed by atoms with van der Waals surface area (Å²) in [5, 5.41) is 0. The number of halogens is 1. The van der Waals surface area contributed by atoms with E-state index in [4.69, 9.17) is 17.0 Å². The Morgan fingerprint density at radius 3 is 2.84 bits per heavy atom. The summed E-state index contributed by atoms with van der Waals surface area (Å²) in [6.07, 6.45) is 1.01. The molecule has 1 N–H and O–H groups in total. The second kappa shape index (κ2) is 5.77. The van der Waals surface area contributed by atoms with Crippen LogP contribution >= 0.6 is 28.1 Å². The van der Waals surface area contributed by atoms with Crippen LogP contribution in [0.3, 0.4) is 0 Å². The van der Waals surface area contributed by atoms with Gasteiger partial charge in [-0.1, -0.05) is 29.8 Å². The van der Waals surface area contributed by atoms with Crippen LogP contribution in [-0.4, -0.2) is 23.3 Å². The highest BCUT2D eigenvalue weighted by atomic mass is 79.9. The van der Waals surface area contributed by atoms with E-state index in [0.717, 1.165) is 39.8 Å². The van der Waals surface area contributed by atoms with Gasteiger partial charge in [-0.2, -0.15) is 0 Å². The molecular weight excluding hydrogens is 324 g/mol. The number of fused-ring (bicyclic) bond motifs is 1. The van der Waals surface area contributed by atoms with Crippen LogP contribution in [0.2, 0.25) is 0 Å². The second-order valence-corrected chi connectivity index (χ2v) is 6.89. The first-order chi connectivity index (χ1) is 8.93. The maximum Gasteiger partial charge on any atom is 0.178 e. The summed E-state index contributed by atoms with van der Waals surface area (Å²) < 4.78 is 9.20. The lowest BCUT2D eigenvalue weighted by Gasteiger charge is -2.25. The van der Waals surface area contributed by atoms with Crippen LogP contribution in [0.4, 0.5) is 0 Å². The van der Waals surface area contributed by atoms with Crippen molar-refractivity contribution in [3.8, 4) is 0 Å². The first-order valence-corrected chi connectivity index (χ1v) is 7.50. The van der Waals surface area contributed by atoms with Crippen LogP contribution in [0.15, 0.2) is 22.7 Å². The molecule has 0 amide bonds. The fourth-order valence-electron chi connectivity index (χ4n) is 2.17. The summed E-state index contributed by atoms with van der Waals surface area (Å²) in [5.74, 6) is 0. The van der Waals surface area contributed by atoms with Crippen molar-refractivity contribution in [1.82, 2.24) is 9.55 Å². The molecule has 0 aliphatic heterocycles. The molecule has 0 radical (unpaired) electrons. The van der Waals surface area contributed by atoms with Gasteiger partial charge in [0.2, 0.25) is 0 Å². The molecular formula is C14H19BrN2OS. The minimum atomic E-state index is 0.145. The van der Waals surface area contributed by atoms with Crippen LogP contribution < -0.4 is 0 Å². The number of benzene rings is 1. The number of methoxy groups -OCH3 is 1. The number of imidazole rings is 1. The molecule has 1 aromatic heterocycles. The Labute approximate surface area is 127 Å². The predicted molar refractivity (Wildman–Crippen MR) is 85.1 cm³/mol. The third kappa shape index (κ3) is 3.46. The SMILES string of the molecule is COCCC(C)(C)Cn1c(=S)[nH]c2ccc(Br)cc21. The molecule has 2 aromatic rings. The van der Waals surface area contributed by atoms with Crippen LogP contribution in [0.5, 0.6) is 0 Å². The zero-order valence-electron chi connectivity index (χ0n) is 11.5. The predicted octanol–water partition coefficient (Wildman–Crippen LogP) is 4.52. The van der Waals surface area contributed by atoms with Crippen molar-refractivity contribution >= 4 is 39.2 Å². The van der Waals surface area contributed by atoms with E-state index in [0.29, 0.717) is 0 Å². The lowest BCUT2D eigenvalue weighted by Crippen LogP contribution is -2.21. The van der Waals surface area contributed by atoms with Crippen molar-refractivity contribution in [3.63, 3.8) is 0 Å². The molecule has 3 nitrogen and oxygen atoms in total. The van der Waals surface area contributed by atoms with Crippen LogP contribution in [0.25, 0.3) is 11.0 Å². The van der Waals surface area contributed by atoms with Gasteiger partial charge in [0.25, 0.3) is 0 Å². The number of nitrogens with one attached hydrogen (secondary N) is 1. The summed E-state index contributed by atoms with van der Waals surface area (Å²) in [4.78, 5) is 3.26. The molecule has 0 unspecified atom stereocenters. The van der Waals surface area contributed by atoms with Crippen molar-refractivity contribution in [2.45, 2.75) is 26.8 Å². The van der Waals surface area contributed by atoms with Gasteiger partial charge in [0.1, 0.15) is 0 Å². The molecule has 0 atom stereocenters. The molecule has 0 aliphatic carbocycles. The maximum absolute atomic E-state index is 5.44.